The fourth-order valence-corrected chi connectivity index (χ4v) is 5.07. The smallest absolute Gasteiger partial charge is 0.238 e. The van der Waals surface area contributed by atoms with E-state index in [2.05, 4.69) is 53.4 Å². The zero-order chi connectivity index (χ0) is 18.2. The molecule has 3 fully saturated rings. The van der Waals surface area contributed by atoms with Crippen molar-refractivity contribution in [3.63, 3.8) is 0 Å². The Hall–Kier alpha value is -1.39. The number of nitrogens with one attached hydrogen (secondary N) is 1. The van der Waals surface area contributed by atoms with Crippen LogP contribution in [-0.2, 0) is 10.3 Å². The summed E-state index contributed by atoms with van der Waals surface area (Å²) in [4.78, 5) is 18.2. The number of carbonyl (C=O) groups excluding carboxylic acids is 1. The summed E-state index contributed by atoms with van der Waals surface area (Å²) in [6.07, 6.45) is 6.76. The highest BCUT2D eigenvalue weighted by Crippen LogP contribution is 2.47. The van der Waals surface area contributed by atoms with Crippen molar-refractivity contribution >= 4 is 5.91 Å². The summed E-state index contributed by atoms with van der Waals surface area (Å²) in [5.41, 5.74) is 1.52. The van der Waals surface area contributed by atoms with Crippen LogP contribution >= 0.6 is 0 Å². The lowest BCUT2D eigenvalue weighted by Crippen LogP contribution is -2.47. The quantitative estimate of drug-likeness (QED) is 0.882. The average Bonchev–Trinajstić information content (AvgIpc) is 3.35. The van der Waals surface area contributed by atoms with Gasteiger partial charge in [0.2, 0.25) is 5.91 Å². The number of hydrogen-bond donors (Lipinski definition) is 1. The van der Waals surface area contributed by atoms with Crippen LogP contribution in [0, 0.1) is 5.41 Å². The number of hydrogen-bond acceptors (Lipinski definition) is 3. The predicted molar refractivity (Wildman–Crippen MR) is 105 cm³/mol. The lowest BCUT2D eigenvalue weighted by Gasteiger charge is -2.37. The first-order chi connectivity index (χ1) is 12.6. The van der Waals surface area contributed by atoms with E-state index in [-0.39, 0.29) is 17.5 Å². The monoisotopic (exact) mass is 355 g/mol. The average molecular weight is 356 g/mol. The number of benzene rings is 1. The molecule has 1 aromatic rings. The molecule has 2 heterocycles. The molecular weight excluding hydrogens is 322 g/mol. The molecule has 4 rings (SSSR count). The summed E-state index contributed by atoms with van der Waals surface area (Å²) < 4.78 is 0. The maximum absolute atomic E-state index is 13.3. The lowest BCUT2D eigenvalue weighted by atomic mass is 9.76. The van der Waals surface area contributed by atoms with Crippen molar-refractivity contribution in [1.82, 2.24) is 15.1 Å². The van der Waals surface area contributed by atoms with Crippen LogP contribution in [0.3, 0.4) is 0 Å². The maximum Gasteiger partial charge on any atom is 0.238 e. The van der Waals surface area contributed by atoms with Gasteiger partial charge in [0.25, 0.3) is 0 Å². The Bertz CT molecular complexity index is 632. The van der Waals surface area contributed by atoms with Gasteiger partial charge < -0.3 is 10.2 Å². The summed E-state index contributed by atoms with van der Waals surface area (Å²) >= 11 is 0. The molecule has 1 spiro atoms. The van der Waals surface area contributed by atoms with Crippen molar-refractivity contribution in [3.05, 3.63) is 35.9 Å². The highest BCUT2D eigenvalue weighted by atomic mass is 16.2. The number of rotatable bonds is 5. The van der Waals surface area contributed by atoms with E-state index in [1.54, 1.807) is 0 Å². The number of carbonyl (C=O) groups is 1. The SMILES string of the molecule is CCCN1CC2(CCN(C)CC2)C[C@@H]1C(=O)NC1(c2ccccc2)CC1. The molecule has 1 amide bonds. The second-order valence-corrected chi connectivity index (χ2v) is 8.93. The minimum Gasteiger partial charge on any atom is -0.345 e. The predicted octanol–water partition coefficient (Wildman–Crippen LogP) is 2.99. The first-order valence-electron chi connectivity index (χ1n) is 10.4. The maximum atomic E-state index is 13.3. The van der Waals surface area contributed by atoms with Gasteiger partial charge in [-0.1, -0.05) is 37.3 Å². The molecule has 0 aromatic heterocycles. The van der Waals surface area contributed by atoms with Gasteiger partial charge in [0.15, 0.2) is 0 Å². The molecule has 1 N–H and O–H groups in total. The van der Waals surface area contributed by atoms with Crippen LogP contribution in [-0.4, -0.2) is 55.0 Å². The third-order valence-corrected chi connectivity index (χ3v) is 6.91. The van der Waals surface area contributed by atoms with E-state index in [0.29, 0.717) is 5.41 Å². The Morgan fingerprint density at radius 1 is 1.15 bits per heavy atom. The number of amides is 1. The molecular formula is C22H33N3O. The van der Waals surface area contributed by atoms with Gasteiger partial charge >= 0.3 is 0 Å². The van der Waals surface area contributed by atoms with Gasteiger partial charge in [0.05, 0.1) is 11.6 Å². The summed E-state index contributed by atoms with van der Waals surface area (Å²) in [6, 6.07) is 10.6. The highest BCUT2D eigenvalue weighted by Gasteiger charge is 2.51. The van der Waals surface area contributed by atoms with Gasteiger partial charge in [0.1, 0.15) is 0 Å². The van der Waals surface area contributed by atoms with Gasteiger partial charge in [-0.15, -0.1) is 0 Å². The molecule has 1 aromatic carbocycles. The molecule has 26 heavy (non-hydrogen) atoms. The van der Waals surface area contributed by atoms with Crippen molar-refractivity contribution in [2.75, 3.05) is 33.2 Å². The molecule has 142 valence electrons. The first kappa shape index (κ1) is 18.0. The fourth-order valence-electron chi connectivity index (χ4n) is 5.07. The number of piperidine rings is 1. The Labute approximate surface area is 157 Å². The molecule has 1 aliphatic carbocycles. The Kier molecular flexibility index (Phi) is 4.83. The molecule has 1 saturated carbocycles. The normalized spacial score (nSPS) is 27.5. The summed E-state index contributed by atoms with van der Waals surface area (Å²) in [7, 11) is 2.21. The topological polar surface area (TPSA) is 35.6 Å². The second kappa shape index (κ2) is 6.97. The third kappa shape index (κ3) is 3.41. The molecule has 0 unspecified atom stereocenters. The van der Waals surface area contributed by atoms with Crippen LogP contribution in [0.1, 0.15) is 51.0 Å². The van der Waals surface area contributed by atoms with Crippen molar-refractivity contribution in [2.24, 2.45) is 5.41 Å². The molecule has 1 atom stereocenters. The van der Waals surface area contributed by atoms with Crippen LogP contribution in [0.25, 0.3) is 0 Å². The zero-order valence-corrected chi connectivity index (χ0v) is 16.3. The number of likely N-dealkylation sites (tertiary alicyclic amines) is 2. The Morgan fingerprint density at radius 3 is 2.46 bits per heavy atom. The van der Waals surface area contributed by atoms with E-state index >= 15 is 0 Å². The van der Waals surface area contributed by atoms with Gasteiger partial charge in [-0.25, -0.2) is 0 Å². The van der Waals surface area contributed by atoms with Crippen molar-refractivity contribution < 1.29 is 4.79 Å². The highest BCUT2D eigenvalue weighted by molar-refractivity contribution is 5.83. The standard InChI is InChI=1S/C22H33N3O/c1-3-13-25-17-21(11-14-24(2)15-12-21)16-19(25)20(26)23-22(9-10-22)18-7-5-4-6-8-18/h4-8,19H,3,9-17H2,1-2H3,(H,23,26)/t19-/m1/s1. The van der Waals surface area contributed by atoms with Crippen molar-refractivity contribution in [3.8, 4) is 0 Å². The molecule has 4 heteroatoms. The van der Waals surface area contributed by atoms with E-state index in [1.807, 2.05) is 6.07 Å². The zero-order valence-electron chi connectivity index (χ0n) is 16.3. The molecule has 2 aliphatic heterocycles. The van der Waals surface area contributed by atoms with E-state index in [4.69, 9.17) is 0 Å². The minimum absolute atomic E-state index is 0.0551. The van der Waals surface area contributed by atoms with Gasteiger partial charge in [0, 0.05) is 6.54 Å². The van der Waals surface area contributed by atoms with Crippen molar-refractivity contribution in [1.29, 1.82) is 0 Å². The van der Waals surface area contributed by atoms with E-state index in [0.717, 1.165) is 38.8 Å². The van der Waals surface area contributed by atoms with E-state index in [1.165, 1.54) is 31.5 Å². The Morgan fingerprint density at radius 2 is 1.85 bits per heavy atom. The van der Waals surface area contributed by atoms with E-state index in [9.17, 15) is 4.79 Å². The fraction of sp³-hybridized carbons (Fsp3) is 0.682. The van der Waals surface area contributed by atoms with Crippen LogP contribution in [0.2, 0.25) is 0 Å². The molecule has 4 nitrogen and oxygen atoms in total. The van der Waals surface area contributed by atoms with Gasteiger partial charge in [-0.2, -0.15) is 0 Å². The largest absolute Gasteiger partial charge is 0.345 e. The lowest BCUT2D eigenvalue weighted by molar-refractivity contribution is -0.126. The molecule has 0 radical (unpaired) electrons. The Balaban J connectivity index is 1.47. The second-order valence-electron chi connectivity index (χ2n) is 8.93. The molecule has 0 bridgehead atoms. The van der Waals surface area contributed by atoms with Crippen LogP contribution in [0.5, 0.6) is 0 Å². The first-order valence-corrected chi connectivity index (χ1v) is 10.4. The molecule has 3 aliphatic rings. The summed E-state index contributed by atoms with van der Waals surface area (Å²) in [5, 5.41) is 3.45. The molecule has 2 saturated heterocycles. The minimum atomic E-state index is -0.0984. The van der Waals surface area contributed by atoms with Gasteiger partial charge in [-0.3, -0.25) is 9.69 Å². The summed E-state index contributed by atoms with van der Waals surface area (Å²) in [5.74, 6) is 0.260. The van der Waals surface area contributed by atoms with Crippen molar-refractivity contribution in [2.45, 2.75) is 57.0 Å². The van der Waals surface area contributed by atoms with Crippen LogP contribution in [0.4, 0.5) is 0 Å². The number of nitrogens with zero attached hydrogens (tertiary/aromatic N) is 2. The van der Waals surface area contributed by atoms with Crippen LogP contribution < -0.4 is 5.32 Å². The van der Waals surface area contributed by atoms with Gasteiger partial charge in [-0.05, 0) is 76.2 Å². The van der Waals surface area contributed by atoms with Crippen LogP contribution in [0.15, 0.2) is 30.3 Å². The summed E-state index contributed by atoms with van der Waals surface area (Å²) in [6.45, 7) is 6.70. The van der Waals surface area contributed by atoms with E-state index < -0.39 is 0 Å². The third-order valence-electron chi connectivity index (χ3n) is 6.91.